The van der Waals surface area contributed by atoms with Gasteiger partial charge in [0.2, 0.25) is 0 Å². The standard InChI is InChI=1S/C16H22N2S2/c1-4-17-15(11-20-16-18-9-10-19-16)14-7-5-13(6-8-14)12(2)3/h5-10,12,15,17H,4,11H2,1-3H3. The summed E-state index contributed by atoms with van der Waals surface area (Å²) in [5.41, 5.74) is 2.76. The molecule has 1 atom stereocenters. The highest BCUT2D eigenvalue weighted by atomic mass is 32.2. The van der Waals surface area contributed by atoms with Crippen LogP contribution in [0.3, 0.4) is 0 Å². The first-order valence-corrected chi connectivity index (χ1v) is 8.92. The fraction of sp³-hybridized carbons (Fsp3) is 0.438. The molecule has 0 saturated carbocycles. The van der Waals surface area contributed by atoms with Gasteiger partial charge in [-0.1, -0.05) is 56.8 Å². The number of hydrogen-bond acceptors (Lipinski definition) is 4. The van der Waals surface area contributed by atoms with Crippen LogP contribution in [0.15, 0.2) is 40.2 Å². The molecule has 1 heterocycles. The average Bonchev–Trinajstić information content (AvgIpc) is 2.97. The topological polar surface area (TPSA) is 24.9 Å². The minimum Gasteiger partial charge on any atom is -0.309 e. The summed E-state index contributed by atoms with van der Waals surface area (Å²) in [6.07, 6.45) is 1.87. The SMILES string of the molecule is CCNC(CSc1nccs1)c1ccc(C(C)C)cc1. The fourth-order valence-corrected chi connectivity index (χ4v) is 3.83. The summed E-state index contributed by atoms with van der Waals surface area (Å²) in [6.45, 7) is 7.60. The van der Waals surface area contributed by atoms with Gasteiger partial charge in [-0.2, -0.15) is 0 Å². The van der Waals surface area contributed by atoms with Crippen LogP contribution in [-0.4, -0.2) is 17.3 Å². The average molecular weight is 307 g/mol. The maximum absolute atomic E-state index is 4.33. The highest BCUT2D eigenvalue weighted by Crippen LogP contribution is 2.27. The van der Waals surface area contributed by atoms with Gasteiger partial charge in [0, 0.05) is 23.4 Å². The number of thioether (sulfide) groups is 1. The van der Waals surface area contributed by atoms with E-state index in [1.165, 1.54) is 11.1 Å². The van der Waals surface area contributed by atoms with Crippen molar-refractivity contribution in [2.24, 2.45) is 0 Å². The zero-order chi connectivity index (χ0) is 14.4. The lowest BCUT2D eigenvalue weighted by molar-refractivity contribution is 0.605. The lowest BCUT2D eigenvalue weighted by Gasteiger charge is -2.18. The van der Waals surface area contributed by atoms with Crippen LogP contribution in [0.5, 0.6) is 0 Å². The molecule has 20 heavy (non-hydrogen) atoms. The third-order valence-corrected chi connectivity index (χ3v) is 5.30. The van der Waals surface area contributed by atoms with Gasteiger partial charge in [0.05, 0.1) is 0 Å². The van der Waals surface area contributed by atoms with Crippen molar-refractivity contribution in [1.82, 2.24) is 10.3 Å². The molecule has 0 aliphatic heterocycles. The zero-order valence-corrected chi connectivity index (χ0v) is 13.9. The maximum Gasteiger partial charge on any atom is 0.149 e. The van der Waals surface area contributed by atoms with Crippen LogP contribution in [0.2, 0.25) is 0 Å². The molecule has 1 unspecified atom stereocenters. The molecule has 0 amide bonds. The second-order valence-electron chi connectivity index (χ2n) is 5.04. The Morgan fingerprint density at radius 3 is 2.45 bits per heavy atom. The molecule has 0 aliphatic carbocycles. The highest BCUT2D eigenvalue weighted by Gasteiger charge is 2.12. The first-order chi connectivity index (χ1) is 9.70. The van der Waals surface area contributed by atoms with Crippen LogP contribution < -0.4 is 5.32 Å². The van der Waals surface area contributed by atoms with Crippen LogP contribution >= 0.6 is 23.1 Å². The number of aromatic nitrogens is 1. The number of thiazole rings is 1. The summed E-state index contributed by atoms with van der Waals surface area (Å²) < 4.78 is 1.15. The predicted octanol–water partition coefficient (Wildman–Crippen LogP) is 4.71. The summed E-state index contributed by atoms with van der Waals surface area (Å²) in [7, 11) is 0. The van der Waals surface area contributed by atoms with E-state index in [4.69, 9.17) is 0 Å². The number of rotatable bonds is 7. The summed E-state index contributed by atoms with van der Waals surface area (Å²) in [6, 6.07) is 9.39. The molecule has 0 aliphatic rings. The minimum absolute atomic E-state index is 0.384. The molecule has 0 bridgehead atoms. The highest BCUT2D eigenvalue weighted by molar-refractivity contribution is 8.01. The van der Waals surface area contributed by atoms with Crippen molar-refractivity contribution in [3.05, 3.63) is 47.0 Å². The Balaban J connectivity index is 2.03. The van der Waals surface area contributed by atoms with E-state index < -0.39 is 0 Å². The Morgan fingerprint density at radius 2 is 1.90 bits per heavy atom. The van der Waals surface area contributed by atoms with E-state index in [0.717, 1.165) is 16.6 Å². The van der Waals surface area contributed by atoms with Gasteiger partial charge in [0.15, 0.2) is 0 Å². The Morgan fingerprint density at radius 1 is 1.20 bits per heavy atom. The molecule has 1 aromatic heterocycles. The number of benzene rings is 1. The zero-order valence-electron chi connectivity index (χ0n) is 12.3. The molecule has 2 nitrogen and oxygen atoms in total. The summed E-state index contributed by atoms with van der Waals surface area (Å²) >= 11 is 3.53. The van der Waals surface area contributed by atoms with E-state index in [0.29, 0.717) is 12.0 Å². The van der Waals surface area contributed by atoms with Crippen LogP contribution in [0, 0.1) is 0 Å². The van der Waals surface area contributed by atoms with Crippen molar-refractivity contribution >= 4 is 23.1 Å². The molecule has 2 rings (SSSR count). The van der Waals surface area contributed by atoms with Gasteiger partial charge >= 0.3 is 0 Å². The minimum atomic E-state index is 0.384. The summed E-state index contributed by atoms with van der Waals surface area (Å²) in [5.74, 6) is 1.61. The van der Waals surface area contributed by atoms with E-state index in [9.17, 15) is 0 Å². The van der Waals surface area contributed by atoms with Gasteiger partial charge in [0.1, 0.15) is 4.34 Å². The molecule has 108 valence electrons. The van der Waals surface area contributed by atoms with E-state index in [-0.39, 0.29) is 0 Å². The quantitative estimate of drug-likeness (QED) is 0.750. The second-order valence-corrected chi connectivity index (χ2v) is 7.20. The van der Waals surface area contributed by atoms with Gasteiger partial charge in [-0.15, -0.1) is 11.3 Å². The van der Waals surface area contributed by atoms with Gasteiger partial charge in [-0.3, -0.25) is 0 Å². The Kier molecular flexibility index (Phi) is 6.07. The number of nitrogens with zero attached hydrogens (tertiary/aromatic N) is 1. The normalized spacial score (nSPS) is 12.8. The van der Waals surface area contributed by atoms with Crippen molar-refractivity contribution in [2.75, 3.05) is 12.3 Å². The molecular formula is C16H22N2S2. The van der Waals surface area contributed by atoms with Crippen LogP contribution in [0.1, 0.15) is 43.9 Å². The third kappa shape index (κ3) is 4.33. The van der Waals surface area contributed by atoms with Crippen molar-refractivity contribution < 1.29 is 0 Å². The largest absolute Gasteiger partial charge is 0.309 e. The maximum atomic E-state index is 4.33. The second kappa shape index (κ2) is 7.81. The Labute approximate surface area is 130 Å². The van der Waals surface area contributed by atoms with E-state index in [1.54, 1.807) is 11.3 Å². The summed E-state index contributed by atoms with van der Waals surface area (Å²) in [5, 5.41) is 5.60. The third-order valence-electron chi connectivity index (χ3n) is 3.24. The first-order valence-electron chi connectivity index (χ1n) is 7.06. The molecule has 4 heteroatoms. The Bertz CT molecular complexity index is 492. The van der Waals surface area contributed by atoms with Crippen LogP contribution in [-0.2, 0) is 0 Å². The van der Waals surface area contributed by atoms with Gasteiger partial charge in [-0.05, 0) is 23.6 Å². The molecule has 0 radical (unpaired) electrons. The smallest absolute Gasteiger partial charge is 0.149 e. The first kappa shape index (κ1) is 15.5. The van der Waals surface area contributed by atoms with Crippen molar-refractivity contribution in [3.63, 3.8) is 0 Å². The molecule has 0 spiro atoms. The van der Waals surface area contributed by atoms with Crippen LogP contribution in [0.4, 0.5) is 0 Å². The molecule has 1 aromatic carbocycles. The van der Waals surface area contributed by atoms with Gasteiger partial charge in [0.25, 0.3) is 0 Å². The van der Waals surface area contributed by atoms with E-state index >= 15 is 0 Å². The predicted molar refractivity (Wildman–Crippen MR) is 89.8 cm³/mol. The summed E-state index contributed by atoms with van der Waals surface area (Å²) in [4.78, 5) is 4.33. The lowest BCUT2D eigenvalue weighted by atomic mass is 9.99. The van der Waals surface area contributed by atoms with E-state index in [2.05, 4.69) is 55.3 Å². The van der Waals surface area contributed by atoms with Crippen molar-refractivity contribution in [3.8, 4) is 0 Å². The van der Waals surface area contributed by atoms with Crippen molar-refractivity contribution in [2.45, 2.75) is 37.1 Å². The Hall–Kier alpha value is -0.840. The number of nitrogens with one attached hydrogen (secondary N) is 1. The van der Waals surface area contributed by atoms with Crippen molar-refractivity contribution in [1.29, 1.82) is 0 Å². The molecule has 2 aromatic rings. The number of hydrogen-bond donors (Lipinski definition) is 1. The monoisotopic (exact) mass is 306 g/mol. The molecule has 0 saturated heterocycles. The fourth-order valence-electron chi connectivity index (χ4n) is 2.07. The van der Waals surface area contributed by atoms with Crippen LogP contribution in [0.25, 0.3) is 0 Å². The molecule has 1 N–H and O–H groups in total. The molecular weight excluding hydrogens is 284 g/mol. The molecule has 0 fully saturated rings. The van der Waals surface area contributed by atoms with Gasteiger partial charge in [-0.25, -0.2) is 4.98 Å². The lowest BCUT2D eigenvalue weighted by Crippen LogP contribution is -2.22. The van der Waals surface area contributed by atoms with E-state index in [1.807, 2.05) is 23.3 Å². The van der Waals surface area contributed by atoms with Gasteiger partial charge < -0.3 is 5.32 Å².